The van der Waals surface area contributed by atoms with E-state index in [0.717, 1.165) is 16.9 Å². The van der Waals surface area contributed by atoms with Crippen LogP contribution in [0.1, 0.15) is 22.9 Å². The van der Waals surface area contributed by atoms with Crippen LogP contribution in [-0.2, 0) is 4.79 Å². The number of rotatable bonds is 8. The van der Waals surface area contributed by atoms with E-state index in [0.29, 0.717) is 17.3 Å². The lowest BCUT2D eigenvalue weighted by Gasteiger charge is -2.21. The van der Waals surface area contributed by atoms with Crippen molar-refractivity contribution in [1.29, 1.82) is 0 Å². The Balaban J connectivity index is 1.91. The quantitative estimate of drug-likeness (QED) is 0.580. The van der Waals surface area contributed by atoms with Gasteiger partial charge in [-0.1, -0.05) is 18.2 Å². The average molecular weight is 393 g/mol. The maximum atomic E-state index is 12.6. The zero-order valence-electron chi connectivity index (χ0n) is 16.5. The van der Waals surface area contributed by atoms with E-state index in [-0.39, 0.29) is 5.91 Å². The van der Waals surface area contributed by atoms with Crippen LogP contribution in [0.2, 0.25) is 0 Å². The maximum absolute atomic E-state index is 12.6. The highest BCUT2D eigenvalue weighted by atomic mass is 16.5. The van der Waals surface area contributed by atoms with Crippen molar-refractivity contribution in [3.05, 3.63) is 83.8 Å². The molecule has 1 heterocycles. The highest BCUT2D eigenvalue weighted by molar-refractivity contribution is 5.91. The summed E-state index contributed by atoms with van der Waals surface area (Å²) < 4.78 is 21.2. The standard InChI is InChI=1S/C23H23NO5/c1-26-18-9-6-16(7-10-18)23(17-8-12-20(27-2)21(15-17)28-3)24-22(25)13-11-19-5-4-14-29-19/h4-15,23H,1-3H3,(H,24,25)/b13-11+/t23-/m1/s1. The fourth-order valence-corrected chi connectivity index (χ4v) is 2.92. The Morgan fingerprint density at radius 1 is 0.931 bits per heavy atom. The van der Waals surface area contributed by atoms with Gasteiger partial charge in [-0.3, -0.25) is 4.79 Å². The van der Waals surface area contributed by atoms with Gasteiger partial charge in [0.05, 0.1) is 33.6 Å². The molecule has 0 aliphatic rings. The van der Waals surface area contributed by atoms with E-state index in [1.54, 1.807) is 45.8 Å². The molecule has 1 amide bonds. The zero-order chi connectivity index (χ0) is 20.6. The molecule has 0 saturated heterocycles. The highest BCUT2D eigenvalue weighted by Gasteiger charge is 2.18. The van der Waals surface area contributed by atoms with Gasteiger partial charge in [-0.15, -0.1) is 0 Å². The number of hydrogen-bond acceptors (Lipinski definition) is 5. The summed E-state index contributed by atoms with van der Waals surface area (Å²) in [5.74, 6) is 2.30. The van der Waals surface area contributed by atoms with E-state index in [1.165, 1.54) is 6.08 Å². The number of carbonyl (C=O) groups excluding carboxylic acids is 1. The van der Waals surface area contributed by atoms with Gasteiger partial charge < -0.3 is 23.9 Å². The second-order valence-corrected chi connectivity index (χ2v) is 6.18. The molecule has 1 aromatic heterocycles. The molecule has 0 aliphatic carbocycles. The summed E-state index contributed by atoms with van der Waals surface area (Å²) in [4.78, 5) is 12.6. The van der Waals surface area contributed by atoms with Crippen molar-refractivity contribution in [2.75, 3.05) is 21.3 Å². The Labute approximate surface area is 169 Å². The number of ether oxygens (including phenoxy) is 3. The molecule has 0 radical (unpaired) electrons. The van der Waals surface area contributed by atoms with Crippen LogP contribution in [0, 0.1) is 0 Å². The van der Waals surface area contributed by atoms with Crippen LogP contribution in [0.5, 0.6) is 17.2 Å². The molecule has 150 valence electrons. The predicted octanol–water partition coefficient (Wildman–Crippen LogP) is 4.22. The number of nitrogens with one attached hydrogen (secondary N) is 1. The fraction of sp³-hybridized carbons (Fsp3) is 0.174. The Bertz CT molecular complexity index is 961. The Hall–Kier alpha value is -3.67. The average Bonchev–Trinajstić information content (AvgIpc) is 3.29. The fourth-order valence-electron chi connectivity index (χ4n) is 2.92. The lowest BCUT2D eigenvalue weighted by atomic mass is 9.98. The lowest BCUT2D eigenvalue weighted by Crippen LogP contribution is -2.27. The second kappa shape index (κ2) is 9.50. The molecule has 0 aliphatic heterocycles. The topological polar surface area (TPSA) is 69.9 Å². The molecular weight excluding hydrogens is 370 g/mol. The predicted molar refractivity (Wildman–Crippen MR) is 110 cm³/mol. The molecule has 6 nitrogen and oxygen atoms in total. The first-order valence-electron chi connectivity index (χ1n) is 9.02. The number of benzene rings is 2. The van der Waals surface area contributed by atoms with Crippen LogP contribution in [0.25, 0.3) is 6.08 Å². The number of carbonyl (C=O) groups is 1. The second-order valence-electron chi connectivity index (χ2n) is 6.18. The van der Waals surface area contributed by atoms with Gasteiger partial charge in [0, 0.05) is 6.08 Å². The highest BCUT2D eigenvalue weighted by Crippen LogP contribution is 2.32. The minimum absolute atomic E-state index is 0.253. The number of amides is 1. The van der Waals surface area contributed by atoms with Crippen molar-refractivity contribution in [1.82, 2.24) is 5.32 Å². The first-order valence-corrected chi connectivity index (χ1v) is 9.02. The van der Waals surface area contributed by atoms with E-state index >= 15 is 0 Å². The van der Waals surface area contributed by atoms with Crippen LogP contribution < -0.4 is 19.5 Å². The molecule has 1 atom stereocenters. The summed E-state index contributed by atoms with van der Waals surface area (Å²) in [5.41, 5.74) is 1.75. The normalized spacial score (nSPS) is 11.8. The van der Waals surface area contributed by atoms with E-state index in [2.05, 4.69) is 5.32 Å². The summed E-state index contributed by atoms with van der Waals surface area (Å²) in [6, 6.07) is 16.2. The summed E-state index contributed by atoms with van der Waals surface area (Å²) in [6.45, 7) is 0. The smallest absolute Gasteiger partial charge is 0.244 e. The molecule has 1 N–H and O–H groups in total. The Kier molecular flexibility index (Phi) is 6.58. The SMILES string of the molecule is COc1ccc([C@@H](NC(=O)/C=C/c2ccco2)c2ccc(OC)c(OC)c2)cc1. The van der Waals surface area contributed by atoms with Crippen LogP contribution in [0.3, 0.4) is 0 Å². The van der Waals surface area contributed by atoms with Crippen molar-refractivity contribution >= 4 is 12.0 Å². The molecule has 0 fully saturated rings. The van der Waals surface area contributed by atoms with Gasteiger partial charge in [0.25, 0.3) is 0 Å². The molecule has 29 heavy (non-hydrogen) atoms. The van der Waals surface area contributed by atoms with Gasteiger partial charge >= 0.3 is 0 Å². The van der Waals surface area contributed by atoms with Gasteiger partial charge in [0.1, 0.15) is 11.5 Å². The van der Waals surface area contributed by atoms with E-state index in [9.17, 15) is 4.79 Å². The van der Waals surface area contributed by atoms with Gasteiger partial charge in [-0.25, -0.2) is 0 Å². The van der Waals surface area contributed by atoms with Crippen molar-refractivity contribution in [3.63, 3.8) is 0 Å². The van der Waals surface area contributed by atoms with E-state index in [4.69, 9.17) is 18.6 Å². The molecule has 3 rings (SSSR count). The largest absolute Gasteiger partial charge is 0.497 e. The lowest BCUT2D eigenvalue weighted by molar-refractivity contribution is -0.116. The molecule has 0 spiro atoms. The van der Waals surface area contributed by atoms with Crippen LogP contribution >= 0.6 is 0 Å². The summed E-state index contributed by atoms with van der Waals surface area (Å²) in [7, 11) is 4.77. The van der Waals surface area contributed by atoms with Crippen molar-refractivity contribution in [3.8, 4) is 17.2 Å². The van der Waals surface area contributed by atoms with Crippen LogP contribution in [0.4, 0.5) is 0 Å². The monoisotopic (exact) mass is 393 g/mol. The number of methoxy groups -OCH3 is 3. The van der Waals surface area contributed by atoms with E-state index in [1.807, 2.05) is 42.5 Å². The molecule has 6 heteroatoms. The molecule has 0 saturated carbocycles. The summed E-state index contributed by atoms with van der Waals surface area (Å²) >= 11 is 0. The minimum Gasteiger partial charge on any atom is -0.497 e. The Morgan fingerprint density at radius 2 is 1.66 bits per heavy atom. The van der Waals surface area contributed by atoms with Crippen molar-refractivity contribution in [2.24, 2.45) is 0 Å². The molecular formula is C23H23NO5. The minimum atomic E-state index is -0.394. The third-order valence-electron chi connectivity index (χ3n) is 4.42. The maximum Gasteiger partial charge on any atom is 0.244 e. The summed E-state index contributed by atoms with van der Waals surface area (Å²) in [5, 5.41) is 3.03. The molecule has 2 aromatic carbocycles. The third-order valence-corrected chi connectivity index (χ3v) is 4.42. The van der Waals surface area contributed by atoms with Crippen LogP contribution in [-0.4, -0.2) is 27.2 Å². The van der Waals surface area contributed by atoms with Gasteiger partial charge in [-0.05, 0) is 53.6 Å². The summed E-state index contributed by atoms with van der Waals surface area (Å²) in [6.07, 6.45) is 4.62. The van der Waals surface area contributed by atoms with E-state index < -0.39 is 6.04 Å². The van der Waals surface area contributed by atoms with Gasteiger partial charge in [0.2, 0.25) is 5.91 Å². The molecule has 3 aromatic rings. The molecule has 0 unspecified atom stereocenters. The van der Waals surface area contributed by atoms with Gasteiger partial charge in [0.15, 0.2) is 11.5 Å². The van der Waals surface area contributed by atoms with Crippen molar-refractivity contribution < 1.29 is 23.4 Å². The zero-order valence-corrected chi connectivity index (χ0v) is 16.5. The van der Waals surface area contributed by atoms with Crippen LogP contribution in [0.15, 0.2) is 71.4 Å². The van der Waals surface area contributed by atoms with Crippen molar-refractivity contribution in [2.45, 2.75) is 6.04 Å². The number of furan rings is 1. The third kappa shape index (κ3) is 4.99. The first kappa shape index (κ1) is 20.1. The van der Waals surface area contributed by atoms with Gasteiger partial charge in [-0.2, -0.15) is 0 Å². The number of hydrogen-bond donors (Lipinski definition) is 1. The first-order chi connectivity index (χ1) is 14.1. The molecule has 0 bridgehead atoms. The Morgan fingerprint density at radius 3 is 2.28 bits per heavy atom.